The Morgan fingerprint density at radius 2 is 1.13 bits per heavy atom. The van der Waals surface area contributed by atoms with Crippen LogP contribution in [0.5, 0.6) is 0 Å². The topological polar surface area (TPSA) is 268 Å². The molecule has 12 rings (SSSR count). The molecule has 0 saturated carbocycles. The number of aryl methyl sites for hydroxylation is 2. The Hall–Kier alpha value is -11.5. The minimum Gasteiger partial charge on any atom is -0.508 e. The highest BCUT2D eigenvalue weighted by Gasteiger charge is 2.25. The minimum absolute atomic E-state index is 0.0381. The zero-order valence-electron chi connectivity index (χ0n) is 56.1. The highest BCUT2D eigenvalue weighted by molar-refractivity contribution is 6.30. The van der Waals surface area contributed by atoms with Crippen molar-refractivity contribution in [2.45, 2.75) is 66.7 Å². The van der Waals surface area contributed by atoms with E-state index >= 15 is 0 Å². The van der Waals surface area contributed by atoms with Gasteiger partial charge in [-0.2, -0.15) is 4.98 Å². The van der Waals surface area contributed by atoms with Gasteiger partial charge in [-0.1, -0.05) is 118 Å². The maximum atomic E-state index is 15.0. The Morgan fingerprint density at radius 1 is 0.600 bits per heavy atom. The molecule has 23 heteroatoms. The van der Waals surface area contributed by atoms with Gasteiger partial charge >= 0.3 is 6.03 Å². The molecule has 0 bridgehead atoms. The number of carbonyl (C=O) groups excluding carboxylic acids is 2. The molecule has 0 radical (unpaired) electrons. The molecule has 0 spiro atoms. The van der Waals surface area contributed by atoms with Crippen LogP contribution in [0.3, 0.4) is 0 Å². The molecule has 1 atom stereocenters. The molecule has 11 aromatic rings. The lowest BCUT2D eigenvalue weighted by Gasteiger charge is -2.34. The van der Waals surface area contributed by atoms with Gasteiger partial charge in [-0.3, -0.25) is 24.0 Å². The second-order valence-corrected chi connectivity index (χ2v) is 24.5. The summed E-state index contributed by atoms with van der Waals surface area (Å²) in [6, 6.07) is 33.4. The number of para-hydroxylation sites is 1. The van der Waals surface area contributed by atoms with Crippen molar-refractivity contribution in [1.82, 2.24) is 38.5 Å². The maximum Gasteiger partial charge on any atom is 0.317 e. The average molecular weight is 1380 g/mol. The van der Waals surface area contributed by atoms with Gasteiger partial charge < -0.3 is 58.9 Å². The second kappa shape index (κ2) is 31.4. The lowest BCUT2D eigenvalue weighted by molar-refractivity contribution is 0.101. The van der Waals surface area contributed by atoms with Crippen LogP contribution in [-0.4, -0.2) is 110 Å². The third-order valence-electron chi connectivity index (χ3n) is 17.4. The van der Waals surface area contributed by atoms with E-state index in [1.54, 1.807) is 70.0 Å². The van der Waals surface area contributed by atoms with Crippen molar-refractivity contribution >= 4 is 107 Å². The van der Waals surface area contributed by atoms with Gasteiger partial charge in [0, 0.05) is 112 Å². The van der Waals surface area contributed by atoms with E-state index in [9.17, 15) is 63.1 Å². The van der Waals surface area contributed by atoms with Crippen molar-refractivity contribution < 1.29 is 43.9 Å². The van der Waals surface area contributed by atoms with Gasteiger partial charge in [0.2, 0.25) is 11.4 Å². The summed E-state index contributed by atoms with van der Waals surface area (Å²) in [7, 11) is 1.61. The van der Waals surface area contributed by atoms with Gasteiger partial charge in [-0.15, -0.1) is 0 Å². The molecule has 1 saturated heterocycles. The number of nitrogens with one attached hydrogen (secondary N) is 1. The van der Waals surface area contributed by atoms with E-state index < -0.39 is 28.9 Å². The van der Waals surface area contributed by atoms with Crippen molar-refractivity contribution in [3.05, 3.63) is 275 Å². The molecule has 100 heavy (non-hydrogen) atoms. The number of rotatable bonds is 15. The fourth-order valence-electron chi connectivity index (χ4n) is 12.0. The molecule has 6 heterocycles. The fraction of sp³-hybridized carbons (Fsp3) is 0.221. The van der Waals surface area contributed by atoms with Crippen molar-refractivity contribution in [2.24, 2.45) is 5.92 Å². The Kier molecular flexibility index (Phi) is 22.8. The lowest BCUT2D eigenvalue weighted by atomic mass is 9.98. The first-order valence-corrected chi connectivity index (χ1v) is 32.4. The minimum atomic E-state index is -0.645. The zero-order valence-corrected chi connectivity index (χ0v) is 56.9. The smallest absolute Gasteiger partial charge is 0.317 e. The van der Waals surface area contributed by atoms with Crippen LogP contribution >= 0.6 is 11.6 Å². The Balaban J connectivity index is 0.000000157. The number of aliphatic hydroxyl groups excluding tert-OH is 5. The van der Waals surface area contributed by atoms with Gasteiger partial charge in [0.05, 0.1) is 61.9 Å². The predicted molar refractivity (Wildman–Crippen MR) is 393 cm³/mol. The number of carbonyl (C=O) groups is 2. The fourth-order valence-corrected chi connectivity index (χ4v) is 12.1. The second-order valence-electron chi connectivity index (χ2n) is 24.1. The van der Waals surface area contributed by atoms with Crippen molar-refractivity contribution in [2.75, 3.05) is 44.7 Å². The average Bonchev–Trinajstić information content (AvgIpc) is 0.780. The molecular formula is C77H76ClF2N9O11. The summed E-state index contributed by atoms with van der Waals surface area (Å²) >= 11 is 5.81. The van der Waals surface area contributed by atoms with E-state index in [4.69, 9.17) is 11.6 Å². The molecular weight excluding hydrogens is 1300 g/mol. The number of Topliss-reactive ketones (excluding diaryl/α,β-unsaturated/α-hetero) is 1. The van der Waals surface area contributed by atoms with Crippen LogP contribution in [0.2, 0.25) is 5.02 Å². The number of urea groups is 1. The number of nitrogens with zero attached hydrogens (tertiary/aromatic N) is 8. The molecule has 5 aromatic heterocycles. The number of amides is 2. The lowest BCUT2D eigenvalue weighted by Crippen LogP contribution is -2.51. The number of halogens is 3. The van der Waals surface area contributed by atoms with Crippen LogP contribution in [0.1, 0.15) is 90.0 Å². The standard InChI is InChI=1S/C23H22ClF2NO3.C22H17NO2.C17H22N6O3.C15H15NO3/c1-12(2)21(11-28)27-10-17(13(3)29)23(30)16-8-15(19(25)9-20(16)27)7-14-5-4-6-18(24)22(14)26;1-15(24)20-14-23(21-12-5-4-11-19(21)22(20)25)13-17-9-6-8-16-7-2-3-10-18(16)17;1-4-21-10-13(11(2)24)14(25)12-9-19-16(20-15(12)21)22-5-7-23(8-6-22)17(26)18-3;1-4-16-8-13(10(3)18)15(19)12-7-11(9(2)17)5-6-14(12)16/h4-6,8-10,12,21,28-29H,3,7,11H2,1-2H3;2-12,14,24H,1,13H2;9-10,24H,2,4-8H2,1,3H3,(H,18,26);5-8,18H,3-4H2,1-2H3. The number of anilines is 1. The quantitative estimate of drug-likeness (QED) is 0.0412. The summed E-state index contributed by atoms with van der Waals surface area (Å²) in [4.78, 5) is 86.0. The molecule has 2 amide bonds. The van der Waals surface area contributed by atoms with Crippen molar-refractivity contribution in [3.8, 4) is 0 Å². The van der Waals surface area contributed by atoms with Crippen LogP contribution in [0.15, 0.2) is 192 Å². The summed E-state index contributed by atoms with van der Waals surface area (Å²) < 4.78 is 36.5. The van der Waals surface area contributed by atoms with Gasteiger partial charge in [0.1, 0.15) is 40.3 Å². The van der Waals surface area contributed by atoms with E-state index in [-0.39, 0.29) is 114 Å². The number of hydrogen-bond acceptors (Lipinski definition) is 14. The van der Waals surface area contributed by atoms with Gasteiger partial charge in [-0.25, -0.2) is 18.6 Å². The SMILES string of the molecule is C=C(O)c1cn(C(CO)C(C)C)c2cc(F)c(Cc3cccc(Cl)c3F)cc2c1=O.C=C(O)c1cn(CC)c2ccc(C(C)=O)cc2c1=O.C=C(O)c1cn(CC)c2nc(N3CCN(C(=O)NC)CC3)ncc2c1=O.C=C(O)c1cn(Cc2cccc3ccccc23)c2ccccc2c1=O. The third-order valence-corrected chi connectivity index (χ3v) is 17.7. The molecule has 1 aliphatic rings. The number of hydrogen-bond donors (Lipinski definition) is 6. The van der Waals surface area contributed by atoms with E-state index in [1.165, 1.54) is 54.4 Å². The molecule has 1 unspecified atom stereocenters. The van der Waals surface area contributed by atoms with Crippen molar-refractivity contribution in [1.29, 1.82) is 0 Å². The first-order valence-electron chi connectivity index (χ1n) is 32.0. The molecule has 6 aromatic carbocycles. The number of ketones is 1. The van der Waals surface area contributed by atoms with Crippen LogP contribution in [-0.2, 0) is 26.1 Å². The van der Waals surface area contributed by atoms with Crippen LogP contribution in [0.25, 0.3) is 77.6 Å². The number of aromatic nitrogens is 6. The number of aliphatic hydroxyl groups is 5. The van der Waals surface area contributed by atoms with E-state index in [0.717, 1.165) is 16.6 Å². The molecule has 20 nitrogen and oxygen atoms in total. The summed E-state index contributed by atoms with van der Waals surface area (Å²) in [5.74, 6) is -2.05. The number of pyridine rings is 4. The van der Waals surface area contributed by atoms with E-state index in [1.807, 2.05) is 78.1 Å². The van der Waals surface area contributed by atoms with Crippen LogP contribution in [0.4, 0.5) is 19.5 Å². The monoisotopic (exact) mass is 1380 g/mol. The summed E-state index contributed by atoms with van der Waals surface area (Å²) in [6.07, 6.45) is 7.60. The highest BCUT2D eigenvalue weighted by atomic mass is 35.5. The first-order chi connectivity index (χ1) is 47.7. The Morgan fingerprint density at radius 3 is 1.73 bits per heavy atom. The molecule has 0 aliphatic carbocycles. The zero-order chi connectivity index (χ0) is 72.5. The van der Waals surface area contributed by atoms with Crippen LogP contribution < -0.4 is 31.9 Å². The van der Waals surface area contributed by atoms with Crippen LogP contribution in [0, 0.1) is 17.6 Å². The predicted octanol–water partition coefficient (Wildman–Crippen LogP) is 13.5. The molecule has 516 valence electrons. The molecule has 1 fully saturated rings. The number of benzene rings is 6. The first kappa shape index (κ1) is 72.8. The molecule has 6 N–H and O–H groups in total. The molecule has 1 aliphatic heterocycles. The number of fused-ring (bicyclic) bond motifs is 5. The maximum absolute atomic E-state index is 15.0. The Labute approximate surface area is 578 Å². The van der Waals surface area contributed by atoms with Crippen molar-refractivity contribution in [3.63, 3.8) is 0 Å². The summed E-state index contributed by atoms with van der Waals surface area (Å²) in [5, 5.41) is 55.1. The largest absolute Gasteiger partial charge is 0.508 e. The van der Waals surface area contributed by atoms with E-state index in [2.05, 4.69) is 65.9 Å². The summed E-state index contributed by atoms with van der Waals surface area (Å²) in [6.45, 7) is 26.8. The number of piperazine rings is 1. The third kappa shape index (κ3) is 15.4. The van der Waals surface area contributed by atoms with Gasteiger partial charge in [0.15, 0.2) is 22.1 Å². The van der Waals surface area contributed by atoms with E-state index in [0.29, 0.717) is 79.1 Å². The Bertz CT molecular complexity index is 5320. The van der Waals surface area contributed by atoms with Gasteiger partial charge in [-0.05, 0) is 103 Å². The normalized spacial score (nSPS) is 12.3. The summed E-state index contributed by atoms with van der Waals surface area (Å²) in [5.41, 5.74) is 3.42. The van der Waals surface area contributed by atoms with Gasteiger partial charge in [0.25, 0.3) is 0 Å². The highest BCUT2D eigenvalue weighted by Crippen LogP contribution is 2.30.